The summed E-state index contributed by atoms with van der Waals surface area (Å²) in [5.74, 6) is 0.583. The number of rotatable bonds is 0. The van der Waals surface area contributed by atoms with Gasteiger partial charge in [0.05, 0.1) is 0 Å². The first kappa shape index (κ1) is 34.8. The van der Waals surface area contributed by atoms with E-state index in [0.29, 0.717) is 5.92 Å². The van der Waals surface area contributed by atoms with E-state index in [1.807, 2.05) is 0 Å². The predicted molar refractivity (Wildman–Crippen MR) is 40.0 cm³/mol. The Balaban J connectivity index is -0.00000000750. The Morgan fingerprint density at radius 3 is 1.12 bits per heavy atom. The molecule has 0 aromatic carbocycles. The molecule has 8 heavy (non-hydrogen) atoms. The average Bonchev–Trinajstić information content (AvgIpc) is 0.811. The molecular weight excluding hydrogens is 181 g/mol. The Hall–Kier alpha value is 1.25. The first-order valence-electron chi connectivity index (χ1n) is 1.56. The summed E-state index contributed by atoms with van der Waals surface area (Å²) in [6.07, 6.45) is 0. The predicted octanol–water partition coefficient (Wildman–Crippen LogP) is 3.03. The molecular formula is C4H13Cl2NTi. The minimum Gasteiger partial charge on any atom is -0.693 e. The van der Waals surface area contributed by atoms with E-state index in [2.05, 4.69) is 20.8 Å². The van der Waals surface area contributed by atoms with Crippen molar-refractivity contribution in [2.24, 2.45) is 5.92 Å². The van der Waals surface area contributed by atoms with E-state index in [1.165, 1.54) is 0 Å². The maximum absolute atomic E-state index is 3.64. The third-order valence-electron chi connectivity index (χ3n) is 0. The molecule has 0 aliphatic carbocycles. The van der Waals surface area contributed by atoms with E-state index < -0.39 is 0 Å². The molecule has 0 aliphatic heterocycles. The summed E-state index contributed by atoms with van der Waals surface area (Å²) in [6.45, 7) is 7.75. The van der Waals surface area contributed by atoms with Gasteiger partial charge in [-0.25, -0.2) is 0 Å². The van der Waals surface area contributed by atoms with Gasteiger partial charge in [-0.1, -0.05) is 13.8 Å². The summed E-state index contributed by atoms with van der Waals surface area (Å²) < 4.78 is 0. The maximum atomic E-state index is 3.64. The second kappa shape index (κ2) is 24.0. The molecule has 0 radical (unpaired) electrons. The Kier molecular flexibility index (Phi) is 105. The Bertz CT molecular complexity index is 18.8. The number of halogens is 2. The van der Waals surface area contributed by atoms with Crippen LogP contribution in [0.25, 0.3) is 6.15 Å². The zero-order valence-electron chi connectivity index (χ0n) is 5.18. The van der Waals surface area contributed by atoms with E-state index in [4.69, 9.17) is 0 Å². The fourth-order valence-electron chi connectivity index (χ4n) is 0. The van der Waals surface area contributed by atoms with Crippen LogP contribution < -0.4 is 0 Å². The molecule has 0 heterocycles. The minimum absolute atomic E-state index is 0. The molecule has 1 nitrogen and oxygen atoms in total. The van der Waals surface area contributed by atoms with Gasteiger partial charge in [0.2, 0.25) is 0 Å². The largest absolute Gasteiger partial charge is 2.00 e. The van der Waals surface area contributed by atoms with Crippen LogP contribution in [0.15, 0.2) is 0 Å². The summed E-state index contributed by atoms with van der Waals surface area (Å²) >= 11 is 0. The third-order valence-corrected chi connectivity index (χ3v) is 0. The SMILES string of the molecule is Cl.Cl.[CH2-]C(C)C.[NH2-].[Ti+2]. The number of nitrogens with two attached hydrogens (primary N) is 1. The zero-order chi connectivity index (χ0) is 3.58. The van der Waals surface area contributed by atoms with Gasteiger partial charge in [0, 0.05) is 0 Å². The maximum Gasteiger partial charge on any atom is 2.00 e. The van der Waals surface area contributed by atoms with Gasteiger partial charge in [-0.3, -0.25) is 0 Å². The smallest absolute Gasteiger partial charge is 0.693 e. The summed E-state index contributed by atoms with van der Waals surface area (Å²) in [5.41, 5.74) is 0. The van der Waals surface area contributed by atoms with Crippen molar-refractivity contribution in [2.75, 3.05) is 0 Å². The Morgan fingerprint density at radius 2 is 1.12 bits per heavy atom. The van der Waals surface area contributed by atoms with E-state index in [1.54, 1.807) is 0 Å². The standard InChI is InChI=1S/C4H9.2ClH.H2N.Ti/c1-4(2)3;;;;/h4H,1H2,2-3H3;2*1H;1H2;/q-1;;;-1;+2. The quantitative estimate of drug-likeness (QED) is 0.419. The molecule has 0 saturated heterocycles. The molecule has 0 bridgehead atoms. The molecule has 0 spiro atoms. The number of hydrogen-bond acceptors (Lipinski definition) is 0. The summed E-state index contributed by atoms with van der Waals surface area (Å²) in [5, 5.41) is 0. The molecule has 0 rings (SSSR count). The Labute approximate surface area is 79.3 Å². The van der Waals surface area contributed by atoms with Crippen molar-refractivity contribution >= 4 is 24.8 Å². The molecule has 52 valence electrons. The number of hydrogen-bond donors (Lipinski definition) is 0. The summed E-state index contributed by atoms with van der Waals surface area (Å²) in [4.78, 5) is 0. The first-order valence-corrected chi connectivity index (χ1v) is 1.56. The molecule has 0 unspecified atom stereocenters. The summed E-state index contributed by atoms with van der Waals surface area (Å²) in [6, 6.07) is 0. The second-order valence-corrected chi connectivity index (χ2v) is 1.39. The van der Waals surface area contributed by atoms with Crippen molar-refractivity contribution in [3.63, 3.8) is 0 Å². The normalized spacial score (nSPS) is 4.50. The van der Waals surface area contributed by atoms with Gasteiger partial charge >= 0.3 is 21.7 Å². The van der Waals surface area contributed by atoms with Crippen molar-refractivity contribution in [3.8, 4) is 0 Å². The molecule has 0 fully saturated rings. The topological polar surface area (TPSA) is 33.5 Å². The van der Waals surface area contributed by atoms with Gasteiger partial charge in [-0.15, -0.1) is 24.8 Å². The molecule has 0 saturated carbocycles. The molecule has 2 N–H and O–H groups in total. The molecule has 0 atom stereocenters. The molecule has 0 aliphatic rings. The van der Waals surface area contributed by atoms with Crippen LogP contribution in [0.4, 0.5) is 0 Å². The van der Waals surface area contributed by atoms with E-state index in [0.717, 1.165) is 0 Å². The van der Waals surface area contributed by atoms with Crippen molar-refractivity contribution < 1.29 is 21.7 Å². The van der Waals surface area contributed by atoms with E-state index >= 15 is 0 Å². The molecule has 0 aromatic rings. The zero-order valence-corrected chi connectivity index (χ0v) is 8.37. The van der Waals surface area contributed by atoms with Crippen LogP contribution in [0.1, 0.15) is 13.8 Å². The molecule has 0 aromatic heterocycles. The van der Waals surface area contributed by atoms with E-state index in [9.17, 15) is 0 Å². The van der Waals surface area contributed by atoms with Gasteiger partial charge in [-0.2, -0.15) is 5.92 Å². The second-order valence-electron chi connectivity index (χ2n) is 1.39. The molecule has 0 amide bonds. The van der Waals surface area contributed by atoms with Crippen molar-refractivity contribution in [1.82, 2.24) is 0 Å². The van der Waals surface area contributed by atoms with Crippen LogP contribution in [0, 0.1) is 12.8 Å². The van der Waals surface area contributed by atoms with Crippen molar-refractivity contribution in [2.45, 2.75) is 13.8 Å². The monoisotopic (exact) mass is 193 g/mol. The van der Waals surface area contributed by atoms with Gasteiger partial charge in [0.25, 0.3) is 0 Å². The fraction of sp³-hybridized carbons (Fsp3) is 0.750. The Morgan fingerprint density at radius 1 is 1.12 bits per heavy atom. The summed E-state index contributed by atoms with van der Waals surface area (Å²) in [7, 11) is 0. The average molecular weight is 194 g/mol. The van der Waals surface area contributed by atoms with Gasteiger partial charge in [-0.05, 0) is 0 Å². The van der Waals surface area contributed by atoms with Gasteiger partial charge < -0.3 is 13.1 Å². The van der Waals surface area contributed by atoms with Gasteiger partial charge in [0.1, 0.15) is 0 Å². The fourth-order valence-corrected chi connectivity index (χ4v) is 0. The van der Waals surface area contributed by atoms with Gasteiger partial charge in [0.15, 0.2) is 0 Å². The van der Waals surface area contributed by atoms with Crippen LogP contribution >= 0.6 is 24.8 Å². The van der Waals surface area contributed by atoms with E-state index in [-0.39, 0.29) is 52.7 Å². The van der Waals surface area contributed by atoms with Crippen LogP contribution in [-0.4, -0.2) is 0 Å². The minimum atomic E-state index is 0. The van der Waals surface area contributed by atoms with Crippen LogP contribution in [0.2, 0.25) is 0 Å². The van der Waals surface area contributed by atoms with Crippen molar-refractivity contribution in [3.05, 3.63) is 13.1 Å². The third kappa shape index (κ3) is 180. The van der Waals surface area contributed by atoms with Crippen LogP contribution in [0.3, 0.4) is 0 Å². The van der Waals surface area contributed by atoms with Crippen LogP contribution in [-0.2, 0) is 21.7 Å². The van der Waals surface area contributed by atoms with Crippen LogP contribution in [0.5, 0.6) is 0 Å². The van der Waals surface area contributed by atoms with Crippen molar-refractivity contribution in [1.29, 1.82) is 0 Å². The molecule has 4 heteroatoms. The first-order chi connectivity index (χ1) is 1.73.